The molecule has 26 heavy (non-hydrogen) atoms. The highest BCUT2D eigenvalue weighted by molar-refractivity contribution is 8.39. The molecule has 134 valence electrons. The first-order valence-electron chi connectivity index (χ1n) is 7.65. The molecule has 1 amide bonds. The van der Waals surface area contributed by atoms with E-state index >= 15 is 0 Å². The van der Waals surface area contributed by atoms with Crippen LogP contribution in [0.5, 0.6) is 0 Å². The third-order valence-electron chi connectivity index (χ3n) is 3.61. The summed E-state index contributed by atoms with van der Waals surface area (Å²) in [6.45, 7) is 1.72. The van der Waals surface area contributed by atoms with Crippen LogP contribution < -0.4 is 5.32 Å². The molecule has 2 aromatic rings. The minimum Gasteiger partial charge on any atom is -0.325 e. The summed E-state index contributed by atoms with van der Waals surface area (Å²) in [6, 6.07) is 11.1. The predicted octanol–water partition coefficient (Wildman–Crippen LogP) is 4.73. The lowest BCUT2D eigenvalue weighted by atomic mass is 10.2. The van der Waals surface area contributed by atoms with Crippen LogP contribution in [0.25, 0.3) is 0 Å². The molecule has 0 saturated carbocycles. The second-order valence-corrected chi connectivity index (χ2v) is 8.02. The summed E-state index contributed by atoms with van der Waals surface area (Å²) in [7, 11) is 0. The quantitative estimate of drug-likeness (QED) is 0.602. The number of para-hydroxylation sites is 1. The molecule has 0 fully saturated rings. The first-order valence-corrected chi connectivity index (χ1v) is 9.51. The Morgan fingerprint density at radius 3 is 2.92 bits per heavy atom. The fourth-order valence-electron chi connectivity index (χ4n) is 2.25. The third kappa shape index (κ3) is 4.23. The van der Waals surface area contributed by atoms with Crippen LogP contribution in [-0.4, -0.2) is 20.5 Å². The molecule has 0 saturated heterocycles. The van der Waals surface area contributed by atoms with Gasteiger partial charge in [0.1, 0.15) is 4.38 Å². The van der Waals surface area contributed by atoms with Crippen LogP contribution in [0.3, 0.4) is 0 Å². The van der Waals surface area contributed by atoms with E-state index in [-0.39, 0.29) is 11.6 Å². The van der Waals surface area contributed by atoms with Gasteiger partial charge in [0.25, 0.3) is 0 Å². The number of fused-ring (bicyclic) bond motifs is 1. The van der Waals surface area contributed by atoms with Crippen LogP contribution in [0.15, 0.2) is 47.5 Å². The van der Waals surface area contributed by atoms with Gasteiger partial charge in [-0.3, -0.25) is 14.9 Å². The van der Waals surface area contributed by atoms with Crippen LogP contribution >= 0.6 is 23.5 Å². The largest absolute Gasteiger partial charge is 0.325 e. The maximum atomic E-state index is 13.4. The lowest BCUT2D eigenvalue weighted by Crippen LogP contribution is -2.23. The van der Waals surface area contributed by atoms with Crippen molar-refractivity contribution in [2.24, 2.45) is 4.99 Å². The van der Waals surface area contributed by atoms with Gasteiger partial charge in [0, 0.05) is 17.5 Å². The summed E-state index contributed by atoms with van der Waals surface area (Å²) >= 11 is 2.88. The first-order chi connectivity index (χ1) is 12.4. The van der Waals surface area contributed by atoms with Crippen LogP contribution in [-0.2, 0) is 10.5 Å². The van der Waals surface area contributed by atoms with E-state index in [1.54, 1.807) is 18.7 Å². The van der Waals surface area contributed by atoms with Crippen molar-refractivity contribution in [2.45, 2.75) is 17.9 Å². The summed E-state index contributed by atoms with van der Waals surface area (Å²) in [5, 5.41) is 12.9. The fraction of sp³-hybridized carbons (Fsp3) is 0.176. The lowest BCUT2D eigenvalue weighted by molar-refractivity contribution is -0.387. The fourth-order valence-corrected chi connectivity index (χ4v) is 4.44. The molecule has 1 aliphatic heterocycles. The average Bonchev–Trinajstić information content (AvgIpc) is 2.63. The number of nitro benzene ring substituents is 1. The van der Waals surface area contributed by atoms with Crippen LogP contribution in [0.2, 0.25) is 0 Å². The number of carbonyl (C=O) groups excluding carboxylic acids is 1. The van der Waals surface area contributed by atoms with Gasteiger partial charge in [-0.25, -0.2) is 4.99 Å². The smallest absolute Gasteiger partial charge is 0.306 e. The van der Waals surface area contributed by atoms with Crippen molar-refractivity contribution in [3.05, 3.63) is 64.0 Å². The number of amides is 1. The van der Waals surface area contributed by atoms with Crippen molar-refractivity contribution in [2.75, 3.05) is 5.32 Å². The van der Waals surface area contributed by atoms with Crippen molar-refractivity contribution < 1.29 is 14.1 Å². The van der Waals surface area contributed by atoms with Crippen LogP contribution in [0.1, 0.15) is 12.5 Å². The highest BCUT2D eigenvalue weighted by Gasteiger charge is 2.21. The molecule has 0 bridgehead atoms. The zero-order valence-electron chi connectivity index (χ0n) is 13.6. The Morgan fingerprint density at radius 2 is 2.15 bits per heavy atom. The Balaban J connectivity index is 1.67. The average molecular weight is 391 g/mol. The van der Waals surface area contributed by atoms with Crippen molar-refractivity contribution in [3.8, 4) is 0 Å². The highest BCUT2D eigenvalue weighted by atomic mass is 32.2. The summed E-state index contributed by atoms with van der Waals surface area (Å²) in [5.74, 6) is -0.486. The second kappa shape index (κ2) is 7.88. The maximum absolute atomic E-state index is 13.4. The number of hydrogen-bond donors (Lipinski definition) is 1. The number of hydrogen-bond acceptors (Lipinski definition) is 6. The van der Waals surface area contributed by atoms with Gasteiger partial charge in [0.05, 0.1) is 15.9 Å². The predicted molar refractivity (Wildman–Crippen MR) is 104 cm³/mol. The number of thioether (sulfide) groups is 2. The number of nitrogens with zero attached hydrogens (tertiary/aromatic N) is 2. The van der Waals surface area contributed by atoms with Crippen molar-refractivity contribution in [1.82, 2.24) is 0 Å². The van der Waals surface area contributed by atoms with E-state index in [4.69, 9.17) is 0 Å². The minimum atomic E-state index is -0.943. The third-order valence-corrected chi connectivity index (χ3v) is 5.91. The number of nitrogens with one attached hydrogen (secondary N) is 1. The van der Waals surface area contributed by atoms with Gasteiger partial charge in [0.15, 0.2) is 0 Å². The number of aliphatic imine (C=N–C) groups is 1. The van der Waals surface area contributed by atoms with E-state index in [1.807, 2.05) is 24.3 Å². The molecule has 1 aliphatic rings. The number of rotatable bonds is 4. The highest BCUT2D eigenvalue weighted by Crippen LogP contribution is 2.36. The molecule has 1 N–H and O–H groups in total. The molecule has 1 heterocycles. The Hall–Kier alpha value is -2.39. The van der Waals surface area contributed by atoms with Gasteiger partial charge in [-0.1, -0.05) is 41.7 Å². The summed E-state index contributed by atoms with van der Waals surface area (Å²) in [5.41, 5.74) is 1.55. The number of anilines is 1. The van der Waals surface area contributed by atoms with E-state index in [0.29, 0.717) is 0 Å². The van der Waals surface area contributed by atoms with Gasteiger partial charge in [-0.05, 0) is 30.7 Å². The first kappa shape index (κ1) is 18.4. The van der Waals surface area contributed by atoms with Crippen LogP contribution in [0.4, 0.5) is 21.5 Å². The van der Waals surface area contributed by atoms with Gasteiger partial charge in [-0.2, -0.15) is 4.39 Å². The summed E-state index contributed by atoms with van der Waals surface area (Å²) in [6.07, 6.45) is 0. The van der Waals surface area contributed by atoms with E-state index in [2.05, 4.69) is 10.3 Å². The van der Waals surface area contributed by atoms with Crippen molar-refractivity contribution in [1.29, 1.82) is 0 Å². The number of carbonyl (C=O) groups is 1. The van der Waals surface area contributed by atoms with E-state index in [9.17, 15) is 19.3 Å². The van der Waals surface area contributed by atoms with Crippen molar-refractivity contribution >= 4 is 50.9 Å². The van der Waals surface area contributed by atoms with E-state index in [0.717, 1.165) is 33.5 Å². The zero-order chi connectivity index (χ0) is 18.7. The Bertz CT molecular complexity index is 905. The van der Waals surface area contributed by atoms with E-state index < -0.39 is 21.7 Å². The van der Waals surface area contributed by atoms with E-state index in [1.165, 1.54) is 17.8 Å². The molecule has 2 aromatic carbocycles. The Labute approximate surface area is 157 Å². The SMILES string of the molecule is CC(SC1=Nc2ccccc2CS1)C(=O)Nc1ccc(F)c([N+](=O)[O-])c1. The number of benzene rings is 2. The lowest BCUT2D eigenvalue weighted by Gasteiger charge is -2.17. The number of halogens is 1. The van der Waals surface area contributed by atoms with Gasteiger partial charge in [0.2, 0.25) is 11.7 Å². The van der Waals surface area contributed by atoms with Gasteiger partial charge in [-0.15, -0.1) is 0 Å². The molecular formula is C17H14FN3O3S2. The molecule has 0 radical (unpaired) electrons. The standard InChI is InChI=1S/C17H14FN3O3S2/c1-10(26-17-20-14-5-3-2-4-11(14)9-25-17)16(22)19-12-6-7-13(18)15(8-12)21(23)24/h2-8,10H,9H2,1H3,(H,19,22). The monoisotopic (exact) mass is 391 g/mol. The molecule has 1 unspecified atom stereocenters. The zero-order valence-corrected chi connectivity index (χ0v) is 15.3. The minimum absolute atomic E-state index is 0.180. The topological polar surface area (TPSA) is 84.6 Å². The second-order valence-electron chi connectivity index (χ2n) is 5.47. The van der Waals surface area contributed by atoms with Gasteiger partial charge >= 0.3 is 5.69 Å². The Kier molecular flexibility index (Phi) is 5.58. The normalized spacial score (nSPS) is 14.2. The molecule has 9 heteroatoms. The van der Waals surface area contributed by atoms with Crippen molar-refractivity contribution in [3.63, 3.8) is 0 Å². The molecule has 0 aromatic heterocycles. The number of nitro groups is 1. The maximum Gasteiger partial charge on any atom is 0.306 e. The van der Waals surface area contributed by atoms with Crippen LogP contribution in [0, 0.1) is 15.9 Å². The molecule has 6 nitrogen and oxygen atoms in total. The Morgan fingerprint density at radius 1 is 1.38 bits per heavy atom. The molecular weight excluding hydrogens is 377 g/mol. The summed E-state index contributed by atoms with van der Waals surface area (Å²) < 4.78 is 14.2. The molecule has 1 atom stereocenters. The molecule has 0 aliphatic carbocycles. The summed E-state index contributed by atoms with van der Waals surface area (Å²) in [4.78, 5) is 26.8. The molecule has 3 rings (SSSR count). The van der Waals surface area contributed by atoms with Gasteiger partial charge < -0.3 is 5.32 Å². The molecule has 0 spiro atoms.